The molecule has 0 spiro atoms. The molecule has 0 saturated heterocycles. The molecule has 0 amide bonds. The summed E-state index contributed by atoms with van der Waals surface area (Å²) in [6.07, 6.45) is 3.46. The fourth-order valence-corrected chi connectivity index (χ4v) is 3.51. The van der Waals surface area contributed by atoms with Crippen LogP contribution in [0.25, 0.3) is 17.0 Å². The van der Waals surface area contributed by atoms with E-state index in [4.69, 9.17) is 27.6 Å². The first-order valence-corrected chi connectivity index (χ1v) is 8.77. The molecular weight excluding hydrogens is 367 g/mol. The largest absolute Gasteiger partial charge is 0.440 e. The van der Waals surface area contributed by atoms with Gasteiger partial charge in [-0.25, -0.2) is 4.98 Å². The van der Waals surface area contributed by atoms with Gasteiger partial charge in [0.1, 0.15) is 0 Å². The Morgan fingerprint density at radius 2 is 1.96 bits per heavy atom. The maximum absolute atomic E-state index is 6.12. The van der Waals surface area contributed by atoms with Crippen LogP contribution in [0.4, 0.5) is 0 Å². The molecule has 0 saturated carbocycles. The van der Waals surface area contributed by atoms with Crippen molar-refractivity contribution in [1.82, 2.24) is 19.6 Å². The van der Waals surface area contributed by atoms with E-state index >= 15 is 0 Å². The van der Waals surface area contributed by atoms with Crippen molar-refractivity contribution < 1.29 is 4.42 Å². The van der Waals surface area contributed by atoms with Gasteiger partial charge in [-0.15, -0.1) is 10.2 Å². The fourth-order valence-electron chi connectivity index (χ4n) is 2.24. The first-order valence-electron chi connectivity index (χ1n) is 7.03. The van der Waals surface area contributed by atoms with E-state index in [1.165, 1.54) is 11.8 Å². The number of hydrogen-bond donors (Lipinski definition) is 0. The summed E-state index contributed by atoms with van der Waals surface area (Å²) < 4.78 is 7.55. The van der Waals surface area contributed by atoms with Crippen molar-refractivity contribution in [3.63, 3.8) is 0 Å². The number of oxazole rings is 1. The molecule has 120 valence electrons. The Balaban J connectivity index is 1.55. The highest BCUT2D eigenvalue weighted by atomic mass is 35.5. The second kappa shape index (κ2) is 6.47. The molecule has 8 heteroatoms. The van der Waals surface area contributed by atoms with Crippen LogP contribution in [0.15, 0.2) is 58.4 Å². The summed E-state index contributed by atoms with van der Waals surface area (Å²) in [4.78, 5) is 4.31. The average molecular weight is 377 g/mol. The van der Waals surface area contributed by atoms with Gasteiger partial charge in [-0.1, -0.05) is 65.3 Å². The van der Waals surface area contributed by atoms with E-state index in [0.717, 1.165) is 11.3 Å². The van der Waals surface area contributed by atoms with Crippen molar-refractivity contribution in [3.05, 3.63) is 64.7 Å². The summed E-state index contributed by atoms with van der Waals surface area (Å²) in [5.41, 5.74) is 1.56. The Morgan fingerprint density at radius 3 is 2.79 bits per heavy atom. The summed E-state index contributed by atoms with van der Waals surface area (Å²) >= 11 is 13.6. The van der Waals surface area contributed by atoms with Crippen LogP contribution in [-0.4, -0.2) is 19.6 Å². The van der Waals surface area contributed by atoms with E-state index in [1.807, 2.05) is 30.3 Å². The second-order valence-electron chi connectivity index (χ2n) is 4.96. The molecule has 0 aliphatic carbocycles. The zero-order chi connectivity index (χ0) is 16.5. The highest BCUT2D eigenvalue weighted by Crippen LogP contribution is 2.28. The van der Waals surface area contributed by atoms with Gasteiger partial charge >= 0.3 is 0 Å². The number of nitrogens with zero attached hydrogens (tertiary/aromatic N) is 4. The first-order chi connectivity index (χ1) is 11.7. The number of aromatic nitrogens is 4. The smallest absolute Gasteiger partial charge is 0.205 e. The number of halogens is 2. The van der Waals surface area contributed by atoms with Crippen LogP contribution in [0, 0.1) is 0 Å². The molecule has 0 aliphatic rings. The van der Waals surface area contributed by atoms with Gasteiger partial charge < -0.3 is 4.42 Å². The number of rotatable bonds is 4. The molecule has 0 radical (unpaired) electrons. The van der Waals surface area contributed by atoms with Crippen molar-refractivity contribution in [2.75, 3.05) is 0 Å². The molecule has 5 nitrogen and oxygen atoms in total. The summed E-state index contributed by atoms with van der Waals surface area (Å²) in [5.74, 6) is 1.88. The van der Waals surface area contributed by atoms with Crippen LogP contribution >= 0.6 is 35.0 Å². The van der Waals surface area contributed by atoms with E-state index in [2.05, 4.69) is 15.2 Å². The molecule has 4 rings (SSSR count). The lowest BCUT2D eigenvalue weighted by Gasteiger charge is -2.00. The zero-order valence-corrected chi connectivity index (χ0v) is 14.5. The summed E-state index contributed by atoms with van der Waals surface area (Å²) in [7, 11) is 0. The maximum atomic E-state index is 6.12. The van der Waals surface area contributed by atoms with Gasteiger partial charge in [-0.3, -0.25) is 4.40 Å². The molecule has 0 fully saturated rings. The number of benzene rings is 1. The number of fused-ring (bicyclic) bond motifs is 1. The third kappa shape index (κ3) is 3.00. The molecular formula is C16H10Cl2N4OS. The van der Waals surface area contributed by atoms with Gasteiger partial charge in [0.05, 0.1) is 22.0 Å². The van der Waals surface area contributed by atoms with Gasteiger partial charge in [0, 0.05) is 11.8 Å². The van der Waals surface area contributed by atoms with Crippen molar-refractivity contribution in [1.29, 1.82) is 0 Å². The fraction of sp³-hybridized carbons (Fsp3) is 0.0625. The lowest BCUT2D eigenvalue weighted by molar-refractivity contribution is 0.530. The van der Waals surface area contributed by atoms with E-state index in [0.29, 0.717) is 32.5 Å². The highest BCUT2D eigenvalue weighted by molar-refractivity contribution is 7.98. The predicted octanol–water partition coefficient (Wildman–Crippen LogP) is 4.98. The number of thioether (sulfide) groups is 1. The van der Waals surface area contributed by atoms with Crippen LogP contribution in [0.1, 0.15) is 5.89 Å². The van der Waals surface area contributed by atoms with Gasteiger partial charge in [0.25, 0.3) is 0 Å². The van der Waals surface area contributed by atoms with E-state index in [9.17, 15) is 0 Å². The summed E-state index contributed by atoms with van der Waals surface area (Å²) in [6.45, 7) is 0. The second-order valence-corrected chi connectivity index (χ2v) is 6.74. The van der Waals surface area contributed by atoms with Crippen LogP contribution in [0.2, 0.25) is 10.0 Å². The SMILES string of the molecule is Clc1cc(Cl)c2nnc(SCc3ncc(-c4ccccc4)o3)n2c1. The van der Waals surface area contributed by atoms with Gasteiger partial charge in [0.2, 0.25) is 5.89 Å². The standard InChI is InChI=1S/C16H10Cl2N4OS/c17-11-6-12(18)15-20-21-16(22(15)8-11)24-9-14-19-7-13(23-14)10-4-2-1-3-5-10/h1-8H,9H2. The van der Waals surface area contributed by atoms with E-state index < -0.39 is 0 Å². The lowest BCUT2D eigenvalue weighted by atomic mass is 10.2. The first kappa shape index (κ1) is 15.5. The zero-order valence-electron chi connectivity index (χ0n) is 12.2. The number of pyridine rings is 1. The third-order valence-corrected chi connectivity index (χ3v) is 4.74. The Hall–Kier alpha value is -2.02. The number of hydrogen-bond acceptors (Lipinski definition) is 5. The molecule has 4 aromatic rings. The van der Waals surface area contributed by atoms with Crippen molar-refractivity contribution in [3.8, 4) is 11.3 Å². The Labute approximate surface area is 151 Å². The molecule has 0 bridgehead atoms. The minimum absolute atomic E-state index is 0.462. The molecule has 0 unspecified atom stereocenters. The van der Waals surface area contributed by atoms with Crippen molar-refractivity contribution in [2.24, 2.45) is 0 Å². The van der Waals surface area contributed by atoms with E-state index in [-0.39, 0.29) is 0 Å². The minimum atomic E-state index is 0.462. The average Bonchev–Trinajstić information content (AvgIpc) is 3.21. The van der Waals surface area contributed by atoms with Crippen LogP contribution in [-0.2, 0) is 5.75 Å². The summed E-state index contributed by atoms with van der Waals surface area (Å²) in [5, 5.41) is 9.88. The predicted molar refractivity (Wildman–Crippen MR) is 94.5 cm³/mol. The van der Waals surface area contributed by atoms with Crippen molar-refractivity contribution in [2.45, 2.75) is 10.9 Å². The molecule has 0 N–H and O–H groups in total. The Kier molecular flexibility index (Phi) is 4.18. The third-order valence-electron chi connectivity index (χ3n) is 3.33. The highest BCUT2D eigenvalue weighted by Gasteiger charge is 2.12. The molecule has 1 aromatic carbocycles. The molecule has 0 atom stereocenters. The monoisotopic (exact) mass is 376 g/mol. The van der Waals surface area contributed by atoms with Gasteiger partial charge in [0.15, 0.2) is 16.6 Å². The molecule has 0 aliphatic heterocycles. The Bertz CT molecular complexity index is 1000. The van der Waals surface area contributed by atoms with Crippen LogP contribution < -0.4 is 0 Å². The maximum Gasteiger partial charge on any atom is 0.205 e. The molecule has 3 heterocycles. The topological polar surface area (TPSA) is 56.2 Å². The van der Waals surface area contributed by atoms with Gasteiger partial charge in [-0.2, -0.15) is 0 Å². The van der Waals surface area contributed by atoms with Crippen molar-refractivity contribution >= 4 is 40.6 Å². The van der Waals surface area contributed by atoms with Crippen LogP contribution in [0.3, 0.4) is 0 Å². The summed E-state index contributed by atoms with van der Waals surface area (Å²) in [6, 6.07) is 11.5. The van der Waals surface area contributed by atoms with Crippen LogP contribution in [0.5, 0.6) is 0 Å². The molecule has 3 aromatic heterocycles. The Morgan fingerprint density at radius 1 is 1.12 bits per heavy atom. The van der Waals surface area contributed by atoms with E-state index in [1.54, 1.807) is 22.9 Å². The normalized spacial score (nSPS) is 11.2. The molecule has 24 heavy (non-hydrogen) atoms. The lowest BCUT2D eigenvalue weighted by Crippen LogP contribution is -1.89. The van der Waals surface area contributed by atoms with Gasteiger partial charge in [-0.05, 0) is 6.07 Å². The minimum Gasteiger partial charge on any atom is -0.440 e. The quantitative estimate of drug-likeness (QED) is 0.470.